The SMILES string of the molecule is CCCN(CCC)c1cc(C(=O)Nc2ccccc2Cl)ncn1. The molecule has 1 heterocycles. The maximum atomic E-state index is 12.4. The molecule has 0 aliphatic heterocycles. The van der Waals surface area contributed by atoms with Crippen LogP contribution in [0.5, 0.6) is 0 Å². The van der Waals surface area contributed by atoms with E-state index in [2.05, 4.69) is 34.0 Å². The number of halogens is 1. The summed E-state index contributed by atoms with van der Waals surface area (Å²) in [5, 5.41) is 3.27. The van der Waals surface area contributed by atoms with E-state index in [4.69, 9.17) is 11.6 Å². The highest BCUT2D eigenvalue weighted by Gasteiger charge is 2.13. The number of benzene rings is 1. The third-order valence-electron chi connectivity index (χ3n) is 3.32. The molecule has 23 heavy (non-hydrogen) atoms. The van der Waals surface area contributed by atoms with E-state index < -0.39 is 0 Å². The normalized spacial score (nSPS) is 10.4. The summed E-state index contributed by atoms with van der Waals surface area (Å²) < 4.78 is 0. The molecule has 0 aliphatic carbocycles. The van der Waals surface area contributed by atoms with Gasteiger partial charge >= 0.3 is 0 Å². The van der Waals surface area contributed by atoms with E-state index in [0.29, 0.717) is 16.4 Å². The number of anilines is 2. The first-order chi connectivity index (χ1) is 11.2. The highest BCUT2D eigenvalue weighted by molar-refractivity contribution is 6.33. The smallest absolute Gasteiger partial charge is 0.274 e. The van der Waals surface area contributed by atoms with Gasteiger partial charge in [0.1, 0.15) is 17.8 Å². The van der Waals surface area contributed by atoms with Gasteiger partial charge in [0.15, 0.2) is 0 Å². The second-order valence-electron chi connectivity index (χ2n) is 5.18. The zero-order chi connectivity index (χ0) is 16.7. The van der Waals surface area contributed by atoms with Gasteiger partial charge in [-0.1, -0.05) is 37.6 Å². The van der Waals surface area contributed by atoms with E-state index in [1.54, 1.807) is 18.2 Å². The maximum Gasteiger partial charge on any atom is 0.274 e. The number of nitrogens with one attached hydrogen (secondary N) is 1. The van der Waals surface area contributed by atoms with Gasteiger partial charge in [-0.2, -0.15) is 0 Å². The van der Waals surface area contributed by atoms with Gasteiger partial charge in [0.2, 0.25) is 0 Å². The quantitative estimate of drug-likeness (QED) is 0.832. The second-order valence-corrected chi connectivity index (χ2v) is 5.59. The summed E-state index contributed by atoms with van der Waals surface area (Å²) >= 11 is 6.06. The van der Waals surface area contributed by atoms with Crippen molar-refractivity contribution in [1.29, 1.82) is 0 Å². The van der Waals surface area contributed by atoms with Crippen molar-refractivity contribution in [3.8, 4) is 0 Å². The Morgan fingerprint density at radius 2 is 1.87 bits per heavy atom. The maximum absolute atomic E-state index is 12.4. The Bertz CT molecular complexity index is 657. The van der Waals surface area contributed by atoms with Crippen LogP contribution in [0.2, 0.25) is 5.02 Å². The van der Waals surface area contributed by atoms with Crippen molar-refractivity contribution in [2.45, 2.75) is 26.7 Å². The van der Waals surface area contributed by atoms with Crippen LogP contribution in [0.1, 0.15) is 37.2 Å². The molecule has 0 atom stereocenters. The lowest BCUT2D eigenvalue weighted by Gasteiger charge is -2.22. The van der Waals surface area contributed by atoms with Gasteiger partial charge in [-0.25, -0.2) is 9.97 Å². The number of carbonyl (C=O) groups is 1. The fraction of sp³-hybridized carbons (Fsp3) is 0.353. The lowest BCUT2D eigenvalue weighted by Crippen LogP contribution is -2.26. The molecular weight excluding hydrogens is 312 g/mol. The van der Waals surface area contributed by atoms with Crippen LogP contribution in [0.15, 0.2) is 36.7 Å². The van der Waals surface area contributed by atoms with Gasteiger partial charge in [-0.05, 0) is 25.0 Å². The van der Waals surface area contributed by atoms with Crippen molar-refractivity contribution in [2.24, 2.45) is 0 Å². The first kappa shape index (κ1) is 17.2. The number of carbonyl (C=O) groups excluding carboxylic acids is 1. The average Bonchev–Trinajstić information content (AvgIpc) is 2.57. The van der Waals surface area contributed by atoms with Crippen LogP contribution in [0.3, 0.4) is 0 Å². The van der Waals surface area contributed by atoms with Gasteiger partial charge in [0, 0.05) is 19.2 Å². The Morgan fingerprint density at radius 3 is 2.52 bits per heavy atom. The molecule has 0 radical (unpaired) electrons. The molecule has 1 N–H and O–H groups in total. The summed E-state index contributed by atoms with van der Waals surface area (Å²) in [5.74, 6) is 0.475. The fourth-order valence-electron chi connectivity index (χ4n) is 2.27. The average molecular weight is 333 g/mol. The number of aromatic nitrogens is 2. The summed E-state index contributed by atoms with van der Waals surface area (Å²) in [6, 6.07) is 8.83. The molecule has 2 rings (SSSR count). The Balaban J connectivity index is 2.18. The van der Waals surface area contributed by atoms with Crippen LogP contribution >= 0.6 is 11.6 Å². The molecule has 2 aromatic rings. The summed E-state index contributed by atoms with van der Waals surface area (Å²) in [6.45, 7) is 6.04. The first-order valence-electron chi connectivity index (χ1n) is 7.78. The molecule has 1 amide bonds. The molecule has 0 fully saturated rings. The molecular formula is C17H21ClN4O. The van der Waals surface area contributed by atoms with E-state index in [1.807, 2.05) is 12.1 Å². The molecule has 0 saturated carbocycles. The number of amides is 1. The summed E-state index contributed by atoms with van der Waals surface area (Å²) in [5.41, 5.74) is 0.894. The first-order valence-corrected chi connectivity index (χ1v) is 8.16. The molecule has 0 unspecified atom stereocenters. The number of rotatable bonds is 7. The van der Waals surface area contributed by atoms with Crippen LogP contribution in [-0.2, 0) is 0 Å². The van der Waals surface area contributed by atoms with E-state index >= 15 is 0 Å². The molecule has 0 aliphatic rings. The second kappa shape index (κ2) is 8.48. The number of hydrogen-bond acceptors (Lipinski definition) is 4. The monoisotopic (exact) mass is 332 g/mol. The van der Waals surface area contributed by atoms with Crippen molar-refractivity contribution in [2.75, 3.05) is 23.3 Å². The topological polar surface area (TPSA) is 58.1 Å². The molecule has 0 saturated heterocycles. The minimum atomic E-state index is -0.297. The van der Waals surface area contributed by atoms with Crippen LogP contribution in [0.25, 0.3) is 0 Å². The Hall–Kier alpha value is -2.14. The minimum absolute atomic E-state index is 0.297. The lowest BCUT2D eigenvalue weighted by atomic mass is 10.3. The van der Waals surface area contributed by atoms with Crippen molar-refractivity contribution >= 4 is 29.0 Å². The molecule has 6 heteroatoms. The molecule has 122 valence electrons. The molecule has 0 bridgehead atoms. The van der Waals surface area contributed by atoms with Crippen LogP contribution in [0.4, 0.5) is 11.5 Å². The van der Waals surface area contributed by atoms with Crippen molar-refractivity contribution in [3.05, 3.63) is 47.4 Å². The zero-order valence-electron chi connectivity index (χ0n) is 13.4. The van der Waals surface area contributed by atoms with Crippen molar-refractivity contribution in [3.63, 3.8) is 0 Å². The van der Waals surface area contributed by atoms with Crippen LogP contribution in [-0.4, -0.2) is 29.0 Å². The van der Waals surface area contributed by atoms with E-state index in [-0.39, 0.29) is 5.91 Å². The van der Waals surface area contributed by atoms with Gasteiger partial charge in [-0.3, -0.25) is 4.79 Å². The van der Waals surface area contributed by atoms with Crippen LogP contribution in [0, 0.1) is 0 Å². The van der Waals surface area contributed by atoms with Gasteiger partial charge < -0.3 is 10.2 Å². The number of para-hydroxylation sites is 1. The highest BCUT2D eigenvalue weighted by Crippen LogP contribution is 2.21. The summed E-state index contributed by atoms with van der Waals surface area (Å²) in [7, 11) is 0. The zero-order valence-corrected chi connectivity index (χ0v) is 14.2. The summed E-state index contributed by atoms with van der Waals surface area (Å²) in [4.78, 5) is 22.9. The predicted molar refractivity (Wildman–Crippen MR) is 94.2 cm³/mol. The summed E-state index contributed by atoms with van der Waals surface area (Å²) in [6.07, 6.45) is 3.46. The highest BCUT2D eigenvalue weighted by atomic mass is 35.5. The number of nitrogens with zero attached hydrogens (tertiary/aromatic N) is 3. The van der Waals surface area contributed by atoms with E-state index in [1.165, 1.54) is 6.33 Å². The van der Waals surface area contributed by atoms with Gasteiger partial charge in [0.05, 0.1) is 10.7 Å². The number of hydrogen-bond donors (Lipinski definition) is 1. The van der Waals surface area contributed by atoms with E-state index in [0.717, 1.165) is 31.7 Å². The Labute approximate surface area is 141 Å². The van der Waals surface area contributed by atoms with Crippen LogP contribution < -0.4 is 10.2 Å². The molecule has 0 spiro atoms. The molecule has 1 aromatic heterocycles. The lowest BCUT2D eigenvalue weighted by molar-refractivity contribution is 0.102. The fourth-order valence-corrected chi connectivity index (χ4v) is 2.46. The predicted octanol–water partition coefficient (Wildman–Crippen LogP) is 4.01. The third kappa shape index (κ3) is 4.66. The van der Waals surface area contributed by atoms with Crippen molar-refractivity contribution < 1.29 is 4.79 Å². The van der Waals surface area contributed by atoms with E-state index in [9.17, 15) is 4.79 Å². The third-order valence-corrected chi connectivity index (χ3v) is 3.65. The van der Waals surface area contributed by atoms with Crippen molar-refractivity contribution in [1.82, 2.24) is 9.97 Å². The van der Waals surface area contributed by atoms with Gasteiger partial charge in [-0.15, -0.1) is 0 Å². The van der Waals surface area contributed by atoms with Gasteiger partial charge in [0.25, 0.3) is 5.91 Å². The Kier molecular flexibility index (Phi) is 6.35. The standard InChI is InChI=1S/C17H21ClN4O/c1-3-9-22(10-4-2)16-11-15(19-12-20-16)17(23)21-14-8-6-5-7-13(14)18/h5-8,11-12H,3-4,9-10H2,1-2H3,(H,21,23). The largest absolute Gasteiger partial charge is 0.357 e. The molecule has 5 nitrogen and oxygen atoms in total. The minimum Gasteiger partial charge on any atom is -0.357 e. The molecule has 1 aromatic carbocycles. The Morgan fingerprint density at radius 1 is 1.17 bits per heavy atom.